The first kappa shape index (κ1) is 16.8. The van der Waals surface area contributed by atoms with Gasteiger partial charge >= 0.3 is 12.0 Å². The average Bonchev–Trinajstić information content (AvgIpc) is 2.44. The van der Waals surface area contributed by atoms with Crippen LogP contribution < -0.4 is 15.4 Å². The fourth-order valence-corrected chi connectivity index (χ4v) is 1.83. The highest BCUT2D eigenvalue weighted by atomic mass is 16.5. The molecule has 0 fully saturated rings. The predicted octanol–water partition coefficient (Wildman–Crippen LogP) is 1.99. The van der Waals surface area contributed by atoms with Gasteiger partial charge in [-0.15, -0.1) is 0 Å². The first-order chi connectivity index (χ1) is 9.92. The van der Waals surface area contributed by atoms with Crippen molar-refractivity contribution in [2.75, 3.05) is 7.11 Å². The van der Waals surface area contributed by atoms with Crippen molar-refractivity contribution < 1.29 is 19.4 Å². The number of amides is 2. The molecule has 0 saturated carbocycles. The molecule has 0 aliphatic rings. The number of rotatable bonds is 7. The molecule has 0 radical (unpaired) electrons. The number of nitrogens with one attached hydrogen (secondary N) is 2. The molecule has 1 aromatic rings. The lowest BCUT2D eigenvalue weighted by Gasteiger charge is -2.20. The zero-order chi connectivity index (χ0) is 15.8. The molecule has 116 valence electrons. The summed E-state index contributed by atoms with van der Waals surface area (Å²) in [5, 5.41) is 14.2. The smallest absolute Gasteiger partial charge is 0.315 e. The first-order valence-electron chi connectivity index (χ1n) is 6.81. The molecule has 0 spiro atoms. The van der Waals surface area contributed by atoms with Crippen LogP contribution in [0.15, 0.2) is 24.3 Å². The van der Waals surface area contributed by atoms with Crippen molar-refractivity contribution in [1.29, 1.82) is 0 Å². The molecule has 3 N–H and O–H groups in total. The number of carboxylic acid groups (broad SMARTS) is 1. The van der Waals surface area contributed by atoms with Gasteiger partial charge in [0.15, 0.2) is 0 Å². The summed E-state index contributed by atoms with van der Waals surface area (Å²) in [5.74, 6) is -0.161. The Morgan fingerprint density at radius 1 is 1.33 bits per heavy atom. The van der Waals surface area contributed by atoms with Crippen molar-refractivity contribution >= 4 is 12.0 Å². The van der Waals surface area contributed by atoms with E-state index in [1.54, 1.807) is 7.11 Å². The number of benzene rings is 1. The van der Waals surface area contributed by atoms with Gasteiger partial charge in [-0.3, -0.25) is 4.79 Å². The molecule has 2 amide bonds. The molecular formula is C15H22N2O4. The van der Waals surface area contributed by atoms with Crippen LogP contribution in [0.2, 0.25) is 0 Å². The van der Waals surface area contributed by atoms with Gasteiger partial charge < -0.3 is 20.5 Å². The molecule has 1 aromatic carbocycles. The highest BCUT2D eigenvalue weighted by molar-refractivity contribution is 5.75. The molecule has 6 nitrogen and oxygen atoms in total. The van der Waals surface area contributed by atoms with Gasteiger partial charge in [0, 0.05) is 12.6 Å². The molecule has 0 bridgehead atoms. The van der Waals surface area contributed by atoms with Crippen LogP contribution >= 0.6 is 0 Å². The van der Waals surface area contributed by atoms with Crippen LogP contribution in [0.3, 0.4) is 0 Å². The van der Waals surface area contributed by atoms with Gasteiger partial charge in [-0.25, -0.2) is 4.79 Å². The van der Waals surface area contributed by atoms with Crippen molar-refractivity contribution in [3.05, 3.63) is 29.8 Å². The summed E-state index contributed by atoms with van der Waals surface area (Å²) in [6.07, 6.45) is -0.0930. The summed E-state index contributed by atoms with van der Waals surface area (Å²) in [7, 11) is 1.58. The molecule has 0 heterocycles. The van der Waals surface area contributed by atoms with E-state index in [1.165, 1.54) is 0 Å². The zero-order valence-corrected chi connectivity index (χ0v) is 12.6. The molecule has 0 aliphatic heterocycles. The lowest BCUT2D eigenvalue weighted by atomic mass is 10.0. The second-order valence-corrected chi connectivity index (χ2v) is 5.13. The summed E-state index contributed by atoms with van der Waals surface area (Å²) >= 11 is 0. The van der Waals surface area contributed by atoms with Crippen molar-refractivity contribution in [1.82, 2.24) is 10.6 Å². The van der Waals surface area contributed by atoms with E-state index in [1.807, 2.05) is 38.1 Å². The minimum absolute atomic E-state index is 0.0451. The number of hydrogen-bond acceptors (Lipinski definition) is 3. The third kappa shape index (κ3) is 6.16. The Bertz CT molecular complexity index is 488. The largest absolute Gasteiger partial charge is 0.497 e. The van der Waals surface area contributed by atoms with E-state index in [9.17, 15) is 9.59 Å². The minimum Gasteiger partial charge on any atom is -0.497 e. The summed E-state index contributed by atoms with van der Waals surface area (Å²) in [6, 6.07) is 6.60. The molecule has 1 rings (SSSR count). The lowest BCUT2D eigenvalue weighted by molar-refractivity contribution is -0.137. The second kappa shape index (κ2) is 8.14. The summed E-state index contributed by atoms with van der Waals surface area (Å²) in [5.41, 5.74) is 0.906. The van der Waals surface area contributed by atoms with E-state index >= 15 is 0 Å². The molecule has 1 atom stereocenters. The SMILES string of the molecule is COc1cccc(CNC(=O)NC(CC(=O)O)C(C)C)c1. The maximum atomic E-state index is 11.8. The van der Waals surface area contributed by atoms with Crippen LogP contribution in [0.4, 0.5) is 4.79 Å². The van der Waals surface area contributed by atoms with Gasteiger partial charge in [-0.05, 0) is 23.6 Å². The Hall–Kier alpha value is -2.24. The number of aliphatic carboxylic acids is 1. The molecule has 1 unspecified atom stereocenters. The van der Waals surface area contributed by atoms with Gasteiger partial charge in [0.25, 0.3) is 0 Å². The van der Waals surface area contributed by atoms with Crippen molar-refractivity contribution in [3.8, 4) is 5.75 Å². The van der Waals surface area contributed by atoms with Gasteiger partial charge in [0.1, 0.15) is 5.75 Å². The second-order valence-electron chi connectivity index (χ2n) is 5.13. The van der Waals surface area contributed by atoms with Crippen LogP contribution in [-0.4, -0.2) is 30.3 Å². The number of carbonyl (C=O) groups excluding carboxylic acids is 1. The molecular weight excluding hydrogens is 272 g/mol. The van der Waals surface area contributed by atoms with Crippen LogP contribution in [0.25, 0.3) is 0 Å². The predicted molar refractivity (Wildman–Crippen MR) is 79.2 cm³/mol. The fourth-order valence-electron chi connectivity index (χ4n) is 1.83. The van der Waals surface area contributed by atoms with E-state index in [0.717, 1.165) is 11.3 Å². The van der Waals surface area contributed by atoms with E-state index in [2.05, 4.69) is 10.6 Å². The van der Waals surface area contributed by atoms with E-state index in [0.29, 0.717) is 6.54 Å². The minimum atomic E-state index is -0.929. The van der Waals surface area contributed by atoms with Gasteiger partial charge in [0.2, 0.25) is 0 Å². The Balaban J connectivity index is 2.50. The van der Waals surface area contributed by atoms with Crippen molar-refractivity contribution in [2.24, 2.45) is 5.92 Å². The maximum Gasteiger partial charge on any atom is 0.315 e. The highest BCUT2D eigenvalue weighted by Crippen LogP contribution is 2.12. The third-order valence-corrected chi connectivity index (χ3v) is 3.10. The van der Waals surface area contributed by atoms with Crippen LogP contribution in [0.1, 0.15) is 25.8 Å². The number of methoxy groups -OCH3 is 1. The number of carboxylic acids is 1. The summed E-state index contributed by atoms with van der Waals surface area (Å²) < 4.78 is 5.11. The van der Waals surface area contributed by atoms with E-state index < -0.39 is 12.0 Å². The maximum absolute atomic E-state index is 11.8. The number of hydrogen-bond donors (Lipinski definition) is 3. The highest BCUT2D eigenvalue weighted by Gasteiger charge is 2.19. The zero-order valence-electron chi connectivity index (χ0n) is 12.6. The Morgan fingerprint density at radius 3 is 2.62 bits per heavy atom. The standard InChI is InChI=1S/C15H22N2O4/c1-10(2)13(8-14(18)19)17-15(20)16-9-11-5-4-6-12(7-11)21-3/h4-7,10,13H,8-9H2,1-3H3,(H,18,19)(H2,16,17,20). The van der Waals surface area contributed by atoms with Crippen LogP contribution in [0, 0.1) is 5.92 Å². The Kier molecular flexibility index (Phi) is 6.52. The third-order valence-electron chi connectivity index (χ3n) is 3.10. The molecule has 0 aliphatic carbocycles. The quantitative estimate of drug-likeness (QED) is 0.717. The number of urea groups is 1. The monoisotopic (exact) mass is 294 g/mol. The van der Waals surface area contributed by atoms with Crippen molar-refractivity contribution in [2.45, 2.75) is 32.9 Å². The Labute approximate surface area is 124 Å². The molecule has 0 aromatic heterocycles. The van der Waals surface area contributed by atoms with Crippen molar-refractivity contribution in [3.63, 3.8) is 0 Å². The normalized spacial score (nSPS) is 11.8. The van der Waals surface area contributed by atoms with E-state index in [-0.39, 0.29) is 18.4 Å². The van der Waals surface area contributed by atoms with Gasteiger partial charge in [-0.1, -0.05) is 26.0 Å². The fraction of sp³-hybridized carbons (Fsp3) is 0.467. The lowest BCUT2D eigenvalue weighted by Crippen LogP contribution is -2.45. The molecule has 21 heavy (non-hydrogen) atoms. The molecule has 6 heteroatoms. The van der Waals surface area contributed by atoms with E-state index in [4.69, 9.17) is 9.84 Å². The first-order valence-corrected chi connectivity index (χ1v) is 6.81. The van der Waals surface area contributed by atoms with Crippen LogP contribution in [-0.2, 0) is 11.3 Å². The Morgan fingerprint density at radius 2 is 2.05 bits per heavy atom. The number of carbonyl (C=O) groups is 2. The topological polar surface area (TPSA) is 87.7 Å². The van der Waals surface area contributed by atoms with Gasteiger partial charge in [0.05, 0.1) is 13.5 Å². The average molecular weight is 294 g/mol. The number of ether oxygens (including phenoxy) is 1. The van der Waals surface area contributed by atoms with Gasteiger partial charge in [-0.2, -0.15) is 0 Å². The van der Waals surface area contributed by atoms with Crippen LogP contribution in [0.5, 0.6) is 5.75 Å². The molecule has 0 saturated heterocycles. The summed E-state index contributed by atoms with van der Waals surface area (Å²) in [4.78, 5) is 22.6. The summed E-state index contributed by atoms with van der Waals surface area (Å²) in [6.45, 7) is 4.09.